The molecule has 0 saturated carbocycles. The number of nitrogens with zero attached hydrogens (tertiary/aromatic N) is 2. The molecule has 0 atom stereocenters. The van der Waals surface area contributed by atoms with E-state index in [1.165, 1.54) is 22.3 Å². The van der Waals surface area contributed by atoms with Crippen molar-refractivity contribution in [3.05, 3.63) is 70.8 Å². The molecule has 2 rings (SSSR count). The molecule has 0 spiro atoms. The van der Waals surface area contributed by atoms with Crippen molar-refractivity contribution in [1.29, 1.82) is 0 Å². The zero-order chi connectivity index (χ0) is 20.5. The minimum Gasteiger partial charge on any atom is -0.305 e. The molecule has 0 aliphatic heterocycles. The van der Waals surface area contributed by atoms with Gasteiger partial charge in [0.25, 0.3) is 0 Å². The zero-order valence-corrected chi connectivity index (χ0v) is 18.9. The molecule has 2 aromatic carbocycles. The minimum absolute atomic E-state index is 1.03. The Bertz CT molecular complexity index is 542. The average molecular weight is 359 g/mol. The van der Waals surface area contributed by atoms with E-state index in [1.807, 2.05) is 27.7 Å². The van der Waals surface area contributed by atoms with E-state index in [1.54, 1.807) is 0 Å². The lowest BCUT2D eigenvalue weighted by molar-refractivity contribution is 0.402. The monoisotopic (exact) mass is 358 g/mol. The largest absolute Gasteiger partial charge is 0.305 e. The van der Waals surface area contributed by atoms with Gasteiger partial charge < -0.3 is 9.80 Å². The molecule has 0 radical (unpaired) electrons. The summed E-state index contributed by atoms with van der Waals surface area (Å²) in [6.07, 6.45) is 0. The van der Waals surface area contributed by atoms with Crippen LogP contribution in [0.2, 0.25) is 0 Å². The van der Waals surface area contributed by atoms with Crippen LogP contribution in [0.1, 0.15) is 49.9 Å². The summed E-state index contributed by atoms with van der Waals surface area (Å²) in [5.41, 5.74) is 5.42. The molecule has 0 aromatic heterocycles. The molecule has 0 aliphatic rings. The van der Waals surface area contributed by atoms with Crippen LogP contribution < -0.4 is 0 Å². The number of aryl methyl sites for hydroxylation is 2. The Labute approximate surface area is 163 Å². The van der Waals surface area contributed by atoms with Crippen molar-refractivity contribution in [2.24, 2.45) is 0 Å². The van der Waals surface area contributed by atoms with Gasteiger partial charge in [0.1, 0.15) is 0 Å². The first-order valence-electron chi connectivity index (χ1n) is 9.77. The number of hydrogen-bond donors (Lipinski definition) is 0. The van der Waals surface area contributed by atoms with Gasteiger partial charge in [0.05, 0.1) is 0 Å². The molecule has 0 aliphatic carbocycles. The fraction of sp³-hybridized carbons (Fsp3) is 0.500. The second-order valence-electron chi connectivity index (χ2n) is 6.45. The molecule has 0 heterocycles. The van der Waals surface area contributed by atoms with Gasteiger partial charge in [0.15, 0.2) is 0 Å². The SMILES string of the molecule is CC.CC.Cc1ccc(CN(C)C)cc1.Cc1cccc(CN(C)C)c1. The fourth-order valence-electron chi connectivity index (χ4n) is 2.23. The van der Waals surface area contributed by atoms with E-state index in [0.29, 0.717) is 0 Å². The maximum absolute atomic E-state index is 2.22. The van der Waals surface area contributed by atoms with Gasteiger partial charge >= 0.3 is 0 Å². The summed E-state index contributed by atoms with van der Waals surface area (Å²) in [6, 6.07) is 17.3. The summed E-state index contributed by atoms with van der Waals surface area (Å²) in [5.74, 6) is 0. The van der Waals surface area contributed by atoms with Crippen molar-refractivity contribution in [1.82, 2.24) is 9.80 Å². The van der Waals surface area contributed by atoms with Crippen LogP contribution in [-0.2, 0) is 13.1 Å². The molecule has 0 bridgehead atoms. The maximum atomic E-state index is 2.22. The van der Waals surface area contributed by atoms with Crippen molar-refractivity contribution in [3.63, 3.8) is 0 Å². The van der Waals surface area contributed by atoms with Gasteiger partial charge in [-0.05, 0) is 53.2 Å². The van der Waals surface area contributed by atoms with Gasteiger partial charge in [0, 0.05) is 13.1 Å². The Balaban J connectivity index is 0. The Morgan fingerprint density at radius 2 is 1.04 bits per heavy atom. The lowest BCUT2D eigenvalue weighted by atomic mass is 10.1. The summed E-state index contributed by atoms with van der Waals surface area (Å²) in [7, 11) is 8.34. The maximum Gasteiger partial charge on any atom is 0.0227 e. The highest BCUT2D eigenvalue weighted by atomic mass is 15.0. The lowest BCUT2D eigenvalue weighted by Crippen LogP contribution is -2.10. The van der Waals surface area contributed by atoms with Crippen LogP contribution in [-0.4, -0.2) is 38.0 Å². The molecular weight excluding hydrogens is 316 g/mol. The first kappa shape index (κ1) is 26.6. The Morgan fingerprint density at radius 1 is 0.577 bits per heavy atom. The first-order chi connectivity index (χ1) is 12.4. The van der Waals surface area contributed by atoms with E-state index in [4.69, 9.17) is 0 Å². The Kier molecular flexibility index (Phi) is 17.2. The minimum atomic E-state index is 1.03. The van der Waals surface area contributed by atoms with Gasteiger partial charge in [-0.1, -0.05) is 87.4 Å². The van der Waals surface area contributed by atoms with Crippen molar-refractivity contribution in [3.8, 4) is 0 Å². The molecule has 0 amide bonds. The molecule has 2 aromatic rings. The average Bonchev–Trinajstić information content (AvgIpc) is 2.60. The molecule has 148 valence electrons. The molecule has 2 heteroatoms. The predicted octanol–water partition coefficient (Wildman–Crippen LogP) is 6.17. The summed E-state index contributed by atoms with van der Waals surface area (Å²) >= 11 is 0. The summed E-state index contributed by atoms with van der Waals surface area (Å²) in [5, 5.41) is 0. The number of benzene rings is 2. The zero-order valence-electron chi connectivity index (χ0n) is 18.9. The third-order valence-corrected chi connectivity index (χ3v) is 3.20. The number of rotatable bonds is 4. The fourth-order valence-corrected chi connectivity index (χ4v) is 2.23. The third-order valence-electron chi connectivity index (χ3n) is 3.20. The second-order valence-corrected chi connectivity index (χ2v) is 6.45. The van der Waals surface area contributed by atoms with Crippen molar-refractivity contribution in [2.45, 2.75) is 54.6 Å². The van der Waals surface area contributed by atoms with E-state index < -0.39 is 0 Å². The van der Waals surface area contributed by atoms with Crippen LogP contribution in [0.3, 0.4) is 0 Å². The van der Waals surface area contributed by atoms with Gasteiger partial charge in [-0.15, -0.1) is 0 Å². The van der Waals surface area contributed by atoms with Gasteiger partial charge in [-0.25, -0.2) is 0 Å². The van der Waals surface area contributed by atoms with E-state index in [2.05, 4.69) is 100 Å². The van der Waals surface area contributed by atoms with Crippen LogP contribution in [0.15, 0.2) is 48.5 Å². The quantitative estimate of drug-likeness (QED) is 0.645. The van der Waals surface area contributed by atoms with Crippen LogP contribution in [0.4, 0.5) is 0 Å². The standard InChI is InChI=1S/2C10H15N.2C2H6/c1-9-4-6-10(7-5-9)8-11(2)3;1-9-5-4-6-10(7-9)8-11(2)3;2*1-2/h2*4-7H,8H2,1-3H3;2*1-2H3. The molecule has 0 fully saturated rings. The van der Waals surface area contributed by atoms with Crippen molar-refractivity contribution in [2.75, 3.05) is 28.2 Å². The van der Waals surface area contributed by atoms with Crippen LogP contribution in [0, 0.1) is 13.8 Å². The second kappa shape index (κ2) is 16.8. The van der Waals surface area contributed by atoms with E-state index in [9.17, 15) is 0 Å². The first-order valence-corrected chi connectivity index (χ1v) is 9.77. The normalized spacial score (nSPS) is 9.38. The van der Waals surface area contributed by atoms with Gasteiger partial charge in [-0.3, -0.25) is 0 Å². The van der Waals surface area contributed by atoms with E-state index in [-0.39, 0.29) is 0 Å². The molecule has 0 unspecified atom stereocenters. The van der Waals surface area contributed by atoms with Crippen molar-refractivity contribution < 1.29 is 0 Å². The van der Waals surface area contributed by atoms with Crippen molar-refractivity contribution >= 4 is 0 Å². The summed E-state index contributed by atoms with van der Waals surface area (Å²) < 4.78 is 0. The van der Waals surface area contributed by atoms with Crippen LogP contribution in [0.5, 0.6) is 0 Å². The highest BCUT2D eigenvalue weighted by Gasteiger charge is 1.94. The predicted molar refractivity (Wildman–Crippen MR) is 120 cm³/mol. The molecule has 0 saturated heterocycles. The van der Waals surface area contributed by atoms with Crippen LogP contribution >= 0.6 is 0 Å². The topological polar surface area (TPSA) is 6.48 Å². The summed E-state index contributed by atoms with van der Waals surface area (Å²) in [6.45, 7) is 14.3. The Morgan fingerprint density at radius 3 is 1.46 bits per heavy atom. The molecule has 26 heavy (non-hydrogen) atoms. The highest BCUT2D eigenvalue weighted by Crippen LogP contribution is 2.05. The van der Waals surface area contributed by atoms with E-state index >= 15 is 0 Å². The molecule has 0 N–H and O–H groups in total. The van der Waals surface area contributed by atoms with E-state index in [0.717, 1.165) is 13.1 Å². The highest BCUT2D eigenvalue weighted by molar-refractivity contribution is 5.22. The number of hydrogen-bond acceptors (Lipinski definition) is 2. The lowest BCUT2D eigenvalue weighted by Gasteiger charge is -2.09. The van der Waals surface area contributed by atoms with Crippen LogP contribution in [0.25, 0.3) is 0 Å². The Hall–Kier alpha value is -1.64. The molecule has 2 nitrogen and oxygen atoms in total. The third kappa shape index (κ3) is 14.7. The smallest absolute Gasteiger partial charge is 0.0227 e. The van der Waals surface area contributed by atoms with Gasteiger partial charge in [-0.2, -0.15) is 0 Å². The molecular formula is C24H42N2. The summed E-state index contributed by atoms with van der Waals surface area (Å²) in [4.78, 5) is 4.35. The van der Waals surface area contributed by atoms with Gasteiger partial charge in [0.2, 0.25) is 0 Å².